The Balaban J connectivity index is 4.23. The minimum Gasteiger partial charge on any atom is -0.462 e. The fourth-order valence-corrected chi connectivity index (χ4v) is 8.27. The predicted octanol–water partition coefficient (Wildman–Crippen LogP) is 18.8. The standard InChI is InChI=1S/C57H108O5/c1-4-7-10-13-16-19-22-25-28-29-31-32-35-38-41-44-47-50-56(58)61-54-55(53-60-52-49-46-43-40-37-34-27-24-21-18-15-12-9-6-3)62-57(59)51-48-45-42-39-36-33-30-26-23-20-17-14-11-8-5-2/h21,24-25,28,55H,4-20,22-23,26-27,29-54H2,1-3H3/b24-21-,28-25-. The molecular weight excluding hydrogens is 765 g/mol. The average Bonchev–Trinajstić information content (AvgIpc) is 3.27. The lowest BCUT2D eigenvalue weighted by Crippen LogP contribution is -2.30. The van der Waals surface area contributed by atoms with Gasteiger partial charge in [0.15, 0.2) is 6.10 Å². The minimum absolute atomic E-state index is 0.0873. The topological polar surface area (TPSA) is 61.8 Å². The van der Waals surface area contributed by atoms with Gasteiger partial charge < -0.3 is 14.2 Å². The van der Waals surface area contributed by atoms with E-state index in [0.29, 0.717) is 19.4 Å². The van der Waals surface area contributed by atoms with E-state index in [-0.39, 0.29) is 25.2 Å². The zero-order valence-corrected chi connectivity index (χ0v) is 42.2. The highest BCUT2D eigenvalue weighted by atomic mass is 16.6. The molecule has 62 heavy (non-hydrogen) atoms. The van der Waals surface area contributed by atoms with Gasteiger partial charge in [0.25, 0.3) is 0 Å². The summed E-state index contributed by atoms with van der Waals surface area (Å²) in [6, 6.07) is 0. The van der Waals surface area contributed by atoms with E-state index in [1.165, 1.54) is 231 Å². The summed E-state index contributed by atoms with van der Waals surface area (Å²) >= 11 is 0. The highest BCUT2D eigenvalue weighted by Gasteiger charge is 2.17. The highest BCUT2D eigenvalue weighted by Crippen LogP contribution is 2.16. The molecule has 0 aromatic rings. The maximum atomic E-state index is 12.8. The van der Waals surface area contributed by atoms with Gasteiger partial charge in [-0.15, -0.1) is 0 Å². The van der Waals surface area contributed by atoms with Crippen molar-refractivity contribution in [3.05, 3.63) is 24.3 Å². The third-order valence-corrected chi connectivity index (χ3v) is 12.5. The molecule has 0 aliphatic carbocycles. The normalized spacial score (nSPS) is 12.2. The molecule has 0 rings (SSSR count). The fraction of sp³-hybridized carbons (Fsp3) is 0.895. The number of hydrogen-bond acceptors (Lipinski definition) is 5. The van der Waals surface area contributed by atoms with Crippen molar-refractivity contribution in [2.24, 2.45) is 0 Å². The van der Waals surface area contributed by atoms with Crippen LogP contribution in [0.2, 0.25) is 0 Å². The molecule has 0 aliphatic rings. The van der Waals surface area contributed by atoms with E-state index in [1.807, 2.05) is 0 Å². The van der Waals surface area contributed by atoms with E-state index in [2.05, 4.69) is 45.1 Å². The molecule has 0 radical (unpaired) electrons. The Bertz CT molecular complexity index is 943. The lowest BCUT2D eigenvalue weighted by Gasteiger charge is -2.18. The SMILES string of the molecule is CCCCCC/C=C\CCCCCCCCOCC(COC(=O)CCCCCCCCC/C=C\CCCCCCCC)OC(=O)CCCCCCCCCCCCCCCCC. The van der Waals surface area contributed by atoms with Crippen LogP contribution >= 0.6 is 0 Å². The Morgan fingerprint density at radius 2 is 0.629 bits per heavy atom. The van der Waals surface area contributed by atoms with Crippen molar-refractivity contribution >= 4 is 11.9 Å². The van der Waals surface area contributed by atoms with Crippen molar-refractivity contribution < 1.29 is 23.8 Å². The first kappa shape index (κ1) is 60.4. The summed E-state index contributed by atoms with van der Waals surface area (Å²) in [6.45, 7) is 7.85. The maximum Gasteiger partial charge on any atom is 0.306 e. The van der Waals surface area contributed by atoms with Gasteiger partial charge in [-0.1, -0.05) is 244 Å². The largest absolute Gasteiger partial charge is 0.462 e. The van der Waals surface area contributed by atoms with Crippen LogP contribution in [0, 0.1) is 0 Å². The van der Waals surface area contributed by atoms with Crippen LogP contribution in [0.5, 0.6) is 0 Å². The first-order chi connectivity index (χ1) is 30.6. The third kappa shape index (κ3) is 51.0. The van der Waals surface area contributed by atoms with Crippen molar-refractivity contribution in [1.29, 1.82) is 0 Å². The van der Waals surface area contributed by atoms with E-state index in [9.17, 15) is 9.59 Å². The Morgan fingerprint density at radius 1 is 0.339 bits per heavy atom. The molecule has 0 spiro atoms. The summed E-state index contributed by atoms with van der Waals surface area (Å²) in [7, 11) is 0. The smallest absolute Gasteiger partial charge is 0.306 e. The monoisotopic (exact) mass is 873 g/mol. The second-order valence-electron chi connectivity index (χ2n) is 18.8. The van der Waals surface area contributed by atoms with Gasteiger partial charge in [0.1, 0.15) is 6.61 Å². The molecule has 0 fully saturated rings. The second kappa shape index (κ2) is 53.7. The number of carbonyl (C=O) groups excluding carboxylic acids is 2. The molecule has 5 nitrogen and oxygen atoms in total. The molecule has 0 aromatic heterocycles. The molecule has 0 amide bonds. The van der Waals surface area contributed by atoms with Crippen molar-refractivity contribution in [3.8, 4) is 0 Å². The van der Waals surface area contributed by atoms with E-state index in [1.54, 1.807) is 0 Å². The molecule has 5 heteroatoms. The fourth-order valence-electron chi connectivity index (χ4n) is 8.27. The minimum atomic E-state index is -0.534. The molecule has 1 unspecified atom stereocenters. The maximum absolute atomic E-state index is 12.8. The van der Waals surface area contributed by atoms with Crippen LogP contribution < -0.4 is 0 Å². The van der Waals surface area contributed by atoms with Crippen LogP contribution in [-0.2, 0) is 23.8 Å². The first-order valence-electron chi connectivity index (χ1n) is 27.9. The van der Waals surface area contributed by atoms with Gasteiger partial charge in [-0.3, -0.25) is 9.59 Å². The summed E-state index contributed by atoms with van der Waals surface area (Å²) < 4.78 is 17.5. The second-order valence-corrected chi connectivity index (χ2v) is 18.8. The molecule has 366 valence electrons. The molecule has 0 saturated carbocycles. The van der Waals surface area contributed by atoms with Crippen LogP contribution in [0.25, 0.3) is 0 Å². The van der Waals surface area contributed by atoms with Crippen LogP contribution in [-0.4, -0.2) is 37.9 Å². The number of carbonyl (C=O) groups is 2. The Kier molecular flexibility index (Phi) is 52.3. The van der Waals surface area contributed by atoms with Crippen LogP contribution in [0.1, 0.15) is 303 Å². The van der Waals surface area contributed by atoms with Crippen molar-refractivity contribution in [2.75, 3.05) is 19.8 Å². The molecule has 0 heterocycles. The van der Waals surface area contributed by atoms with E-state index in [4.69, 9.17) is 14.2 Å². The number of allylic oxidation sites excluding steroid dienone is 4. The molecule has 1 atom stereocenters. The molecule has 0 bridgehead atoms. The zero-order chi connectivity index (χ0) is 44.9. The molecule has 0 N–H and O–H groups in total. The zero-order valence-electron chi connectivity index (χ0n) is 42.2. The third-order valence-electron chi connectivity index (χ3n) is 12.5. The lowest BCUT2D eigenvalue weighted by molar-refractivity contribution is -0.163. The van der Waals surface area contributed by atoms with Gasteiger partial charge in [0.2, 0.25) is 0 Å². The summed E-state index contributed by atoms with van der Waals surface area (Å²) in [4.78, 5) is 25.5. The molecule has 0 aliphatic heterocycles. The first-order valence-corrected chi connectivity index (χ1v) is 27.9. The van der Waals surface area contributed by atoms with Crippen molar-refractivity contribution in [1.82, 2.24) is 0 Å². The van der Waals surface area contributed by atoms with Gasteiger partial charge in [0, 0.05) is 19.4 Å². The summed E-state index contributed by atoms with van der Waals surface area (Å²) in [5.74, 6) is -0.386. The lowest BCUT2D eigenvalue weighted by atomic mass is 10.0. The van der Waals surface area contributed by atoms with Crippen LogP contribution in [0.3, 0.4) is 0 Å². The van der Waals surface area contributed by atoms with E-state index >= 15 is 0 Å². The number of ether oxygens (including phenoxy) is 3. The molecular formula is C57H108O5. The molecule has 0 saturated heterocycles. The highest BCUT2D eigenvalue weighted by molar-refractivity contribution is 5.70. The number of hydrogen-bond donors (Lipinski definition) is 0. The van der Waals surface area contributed by atoms with Crippen molar-refractivity contribution in [3.63, 3.8) is 0 Å². The number of rotatable bonds is 52. The predicted molar refractivity (Wildman–Crippen MR) is 270 cm³/mol. The quantitative estimate of drug-likeness (QED) is 0.0346. The summed E-state index contributed by atoms with van der Waals surface area (Å²) in [5, 5.41) is 0. The molecule has 0 aromatic carbocycles. The van der Waals surface area contributed by atoms with Crippen LogP contribution in [0.15, 0.2) is 24.3 Å². The van der Waals surface area contributed by atoms with Gasteiger partial charge in [-0.25, -0.2) is 0 Å². The Labute approximate surface area is 387 Å². The van der Waals surface area contributed by atoms with Gasteiger partial charge in [0.05, 0.1) is 6.61 Å². The number of unbranched alkanes of at least 4 members (excludes halogenated alkanes) is 37. The van der Waals surface area contributed by atoms with Gasteiger partial charge >= 0.3 is 11.9 Å². The average molecular weight is 873 g/mol. The van der Waals surface area contributed by atoms with Gasteiger partial charge in [-0.2, -0.15) is 0 Å². The Hall–Kier alpha value is -1.62. The van der Waals surface area contributed by atoms with Gasteiger partial charge in [-0.05, 0) is 70.6 Å². The Morgan fingerprint density at radius 3 is 1.00 bits per heavy atom. The summed E-state index contributed by atoms with van der Waals surface area (Å²) in [6.07, 6.45) is 63.3. The summed E-state index contributed by atoms with van der Waals surface area (Å²) in [5.41, 5.74) is 0. The number of esters is 2. The van der Waals surface area contributed by atoms with Crippen molar-refractivity contribution in [2.45, 2.75) is 309 Å². The van der Waals surface area contributed by atoms with Crippen LogP contribution in [0.4, 0.5) is 0 Å². The van der Waals surface area contributed by atoms with E-state index in [0.717, 1.165) is 38.5 Å². The van der Waals surface area contributed by atoms with E-state index < -0.39 is 6.10 Å².